The first kappa shape index (κ1) is 9.16. The standard InChI is InChI=1S/C11H7ClFN/c12-11-6-10(13)9(7-14-11)8-4-2-1-3-5-8/h1-7H. The highest BCUT2D eigenvalue weighted by molar-refractivity contribution is 6.29. The molecule has 1 heterocycles. The summed E-state index contributed by atoms with van der Waals surface area (Å²) in [4.78, 5) is 3.84. The Kier molecular flexibility index (Phi) is 2.46. The van der Waals surface area contributed by atoms with E-state index in [1.54, 1.807) is 0 Å². The highest BCUT2D eigenvalue weighted by Gasteiger charge is 2.05. The Bertz CT molecular complexity index is 442. The Labute approximate surface area is 86.2 Å². The lowest BCUT2D eigenvalue weighted by Crippen LogP contribution is -1.86. The van der Waals surface area contributed by atoms with Crippen LogP contribution in [-0.4, -0.2) is 4.98 Å². The molecule has 0 unspecified atom stereocenters. The predicted octanol–water partition coefficient (Wildman–Crippen LogP) is 3.54. The van der Waals surface area contributed by atoms with Crippen LogP contribution in [0.4, 0.5) is 4.39 Å². The molecule has 2 aromatic rings. The van der Waals surface area contributed by atoms with Crippen LogP contribution in [0.2, 0.25) is 5.15 Å². The monoisotopic (exact) mass is 207 g/mol. The van der Waals surface area contributed by atoms with Crippen molar-refractivity contribution in [2.24, 2.45) is 0 Å². The Morgan fingerprint density at radius 1 is 1.14 bits per heavy atom. The van der Waals surface area contributed by atoms with E-state index in [2.05, 4.69) is 4.98 Å². The number of hydrogen-bond acceptors (Lipinski definition) is 1. The lowest BCUT2D eigenvalue weighted by Gasteiger charge is -2.02. The third-order valence-corrected chi connectivity index (χ3v) is 2.11. The summed E-state index contributed by atoms with van der Waals surface area (Å²) in [7, 11) is 0. The van der Waals surface area contributed by atoms with Crippen molar-refractivity contribution in [3.05, 3.63) is 53.6 Å². The summed E-state index contributed by atoms with van der Waals surface area (Å²) in [5, 5.41) is 0.169. The van der Waals surface area contributed by atoms with Gasteiger partial charge in [0.2, 0.25) is 0 Å². The molecule has 3 heteroatoms. The van der Waals surface area contributed by atoms with E-state index in [0.29, 0.717) is 5.56 Å². The quantitative estimate of drug-likeness (QED) is 0.652. The minimum Gasteiger partial charge on any atom is -0.244 e. The SMILES string of the molecule is Fc1cc(Cl)ncc1-c1ccccc1. The van der Waals surface area contributed by atoms with E-state index in [9.17, 15) is 4.39 Å². The molecule has 0 amide bonds. The summed E-state index contributed by atoms with van der Waals surface area (Å²) in [6.45, 7) is 0. The molecule has 0 atom stereocenters. The molecule has 0 saturated carbocycles. The van der Waals surface area contributed by atoms with Gasteiger partial charge >= 0.3 is 0 Å². The molecular formula is C11H7ClFN. The zero-order valence-corrected chi connectivity index (χ0v) is 8.00. The number of aromatic nitrogens is 1. The van der Waals surface area contributed by atoms with E-state index in [1.165, 1.54) is 12.3 Å². The van der Waals surface area contributed by atoms with Crippen LogP contribution < -0.4 is 0 Å². The predicted molar refractivity (Wildman–Crippen MR) is 54.6 cm³/mol. The van der Waals surface area contributed by atoms with Crippen molar-refractivity contribution in [1.29, 1.82) is 0 Å². The van der Waals surface area contributed by atoms with E-state index >= 15 is 0 Å². The van der Waals surface area contributed by atoms with Crippen molar-refractivity contribution < 1.29 is 4.39 Å². The normalized spacial score (nSPS) is 10.1. The summed E-state index contributed by atoms with van der Waals surface area (Å²) in [5.74, 6) is -0.351. The number of pyridine rings is 1. The number of rotatable bonds is 1. The van der Waals surface area contributed by atoms with Gasteiger partial charge < -0.3 is 0 Å². The van der Waals surface area contributed by atoms with Crippen molar-refractivity contribution in [2.75, 3.05) is 0 Å². The van der Waals surface area contributed by atoms with Gasteiger partial charge in [-0.15, -0.1) is 0 Å². The molecule has 0 fully saturated rings. The van der Waals surface area contributed by atoms with Gasteiger partial charge in [-0.3, -0.25) is 0 Å². The van der Waals surface area contributed by atoms with Crippen LogP contribution in [0.5, 0.6) is 0 Å². The van der Waals surface area contributed by atoms with Gasteiger partial charge in [-0.05, 0) is 5.56 Å². The minimum atomic E-state index is -0.351. The molecule has 0 radical (unpaired) electrons. The van der Waals surface area contributed by atoms with Gasteiger partial charge in [0.25, 0.3) is 0 Å². The minimum absolute atomic E-state index is 0.169. The van der Waals surface area contributed by atoms with E-state index < -0.39 is 0 Å². The van der Waals surface area contributed by atoms with Gasteiger partial charge in [0, 0.05) is 17.8 Å². The Hall–Kier alpha value is -1.41. The number of nitrogens with zero attached hydrogens (tertiary/aromatic N) is 1. The van der Waals surface area contributed by atoms with Crippen molar-refractivity contribution in [2.45, 2.75) is 0 Å². The molecule has 0 aliphatic heterocycles. The number of halogens is 2. The van der Waals surface area contributed by atoms with Gasteiger partial charge in [-0.2, -0.15) is 0 Å². The summed E-state index contributed by atoms with van der Waals surface area (Å²) in [6, 6.07) is 10.4. The second-order valence-electron chi connectivity index (χ2n) is 2.85. The first-order chi connectivity index (χ1) is 6.77. The molecule has 0 saturated heterocycles. The lowest BCUT2D eigenvalue weighted by atomic mass is 10.1. The van der Waals surface area contributed by atoms with Gasteiger partial charge in [0.05, 0.1) is 0 Å². The zero-order chi connectivity index (χ0) is 9.97. The molecular weight excluding hydrogens is 201 g/mol. The van der Waals surface area contributed by atoms with Crippen LogP contribution in [0.3, 0.4) is 0 Å². The Morgan fingerprint density at radius 2 is 1.86 bits per heavy atom. The maximum atomic E-state index is 13.4. The molecule has 0 aliphatic rings. The largest absolute Gasteiger partial charge is 0.244 e. The Balaban J connectivity index is 2.53. The van der Waals surface area contributed by atoms with Crippen LogP contribution in [0, 0.1) is 5.82 Å². The first-order valence-corrected chi connectivity index (χ1v) is 4.51. The molecule has 2 rings (SSSR count). The maximum absolute atomic E-state index is 13.4. The fraction of sp³-hybridized carbons (Fsp3) is 0. The molecule has 1 nitrogen and oxygen atoms in total. The fourth-order valence-corrected chi connectivity index (χ4v) is 1.38. The van der Waals surface area contributed by atoms with E-state index in [-0.39, 0.29) is 11.0 Å². The molecule has 0 spiro atoms. The second-order valence-corrected chi connectivity index (χ2v) is 3.24. The fourth-order valence-electron chi connectivity index (χ4n) is 1.24. The smallest absolute Gasteiger partial charge is 0.135 e. The van der Waals surface area contributed by atoms with Gasteiger partial charge in [0.1, 0.15) is 11.0 Å². The van der Waals surface area contributed by atoms with E-state index in [4.69, 9.17) is 11.6 Å². The first-order valence-electron chi connectivity index (χ1n) is 4.14. The van der Waals surface area contributed by atoms with Crippen LogP contribution in [0.25, 0.3) is 11.1 Å². The summed E-state index contributed by atoms with van der Waals surface area (Å²) in [5.41, 5.74) is 1.27. The van der Waals surface area contributed by atoms with Gasteiger partial charge in [0.15, 0.2) is 0 Å². The van der Waals surface area contributed by atoms with Crippen LogP contribution in [-0.2, 0) is 0 Å². The van der Waals surface area contributed by atoms with Crippen LogP contribution in [0.15, 0.2) is 42.6 Å². The highest BCUT2D eigenvalue weighted by atomic mass is 35.5. The Morgan fingerprint density at radius 3 is 2.50 bits per heavy atom. The zero-order valence-electron chi connectivity index (χ0n) is 7.24. The number of benzene rings is 1. The van der Waals surface area contributed by atoms with Crippen molar-refractivity contribution in [3.8, 4) is 11.1 Å². The summed E-state index contributed by atoms with van der Waals surface area (Å²) in [6.07, 6.45) is 1.44. The third-order valence-electron chi connectivity index (χ3n) is 1.90. The highest BCUT2D eigenvalue weighted by Crippen LogP contribution is 2.22. The molecule has 70 valence electrons. The third kappa shape index (κ3) is 1.75. The maximum Gasteiger partial charge on any atom is 0.135 e. The average Bonchev–Trinajstić information content (AvgIpc) is 2.19. The lowest BCUT2D eigenvalue weighted by molar-refractivity contribution is 0.629. The van der Waals surface area contributed by atoms with E-state index in [0.717, 1.165) is 5.56 Å². The molecule has 0 N–H and O–H groups in total. The molecule has 14 heavy (non-hydrogen) atoms. The summed E-state index contributed by atoms with van der Waals surface area (Å²) < 4.78 is 13.4. The van der Waals surface area contributed by atoms with Crippen molar-refractivity contribution in [3.63, 3.8) is 0 Å². The summed E-state index contributed by atoms with van der Waals surface area (Å²) >= 11 is 5.55. The van der Waals surface area contributed by atoms with Crippen molar-refractivity contribution in [1.82, 2.24) is 4.98 Å². The topological polar surface area (TPSA) is 12.9 Å². The van der Waals surface area contributed by atoms with Crippen molar-refractivity contribution >= 4 is 11.6 Å². The molecule has 0 bridgehead atoms. The molecule has 0 aliphatic carbocycles. The van der Waals surface area contributed by atoms with Gasteiger partial charge in [-0.25, -0.2) is 9.37 Å². The molecule has 1 aromatic heterocycles. The second kappa shape index (κ2) is 3.76. The van der Waals surface area contributed by atoms with E-state index in [1.807, 2.05) is 30.3 Å². The molecule has 1 aromatic carbocycles. The van der Waals surface area contributed by atoms with Gasteiger partial charge in [-0.1, -0.05) is 41.9 Å². The number of hydrogen-bond donors (Lipinski definition) is 0. The van der Waals surface area contributed by atoms with Crippen LogP contribution in [0.1, 0.15) is 0 Å². The van der Waals surface area contributed by atoms with Crippen LogP contribution >= 0.6 is 11.6 Å². The average molecular weight is 208 g/mol.